The Morgan fingerprint density at radius 1 is 0.949 bits per heavy atom. The molecule has 0 bridgehead atoms. The van der Waals surface area contributed by atoms with E-state index in [1.807, 2.05) is 24.3 Å². The molecule has 0 unspecified atom stereocenters. The maximum absolute atomic E-state index is 13.5. The standard InChI is InChI=1S/C27H28Cl2N8O2/c28-20-14-21(29)16-22(15-20)32-27(39)37(24-10-8-23(9-11-24)36-12-2-1-3-13-36)17-18-4-6-19(7-5-18)25(38)33-26(30)34-35-31/h4-11,14-16H,1-3,12-13,17H2,(H,32,39)(H4,30,31,33,34,38). The maximum atomic E-state index is 13.5. The van der Waals surface area contributed by atoms with Crippen molar-refractivity contribution < 1.29 is 9.59 Å². The number of hydrogen-bond donors (Lipinski definition) is 4. The number of nitrogens with one attached hydrogen (secondary N) is 3. The zero-order valence-electron chi connectivity index (χ0n) is 21.0. The van der Waals surface area contributed by atoms with Gasteiger partial charge in [0, 0.05) is 45.8 Å². The Labute approximate surface area is 236 Å². The van der Waals surface area contributed by atoms with E-state index in [4.69, 9.17) is 34.5 Å². The maximum Gasteiger partial charge on any atom is 0.326 e. The molecule has 3 aromatic carbocycles. The average Bonchev–Trinajstić information content (AvgIpc) is 2.92. The molecule has 3 amide bonds. The van der Waals surface area contributed by atoms with Gasteiger partial charge in [0.1, 0.15) is 0 Å². The lowest BCUT2D eigenvalue weighted by Crippen LogP contribution is -2.36. The highest BCUT2D eigenvalue weighted by molar-refractivity contribution is 6.35. The highest BCUT2D eigenvalue weighted by Gasteiger charge is 2.19. The van der Waals surface area contributed by atoms with Crippen LogP contribution in [0.2, 0.25) is 10.0 Å². The Morgan fingerprint density at radius 3 is 2.21 bits per heavy atom. The molecule has 0 spiro atoms. The van der Waals surface area contributed by atoms with Crippen molar-refractivity contribution in [3.8, 4) is 0 Å². The summed E-state index contributed by atoms with van der Waals surface area (Å²) in [6.45, 7) is 2.27. The van der Waals surface area contributed by atoms with Gasteiger partial charge in [-0.1, -0.05) is 40.4 Å². The molecule has 0 aliphatic carbocycles. The van der Waals surface area contributed by atoms with Gasteiger partial charge in [-0.05, 0) is 84.6 Å². The largest absolute Gasteiger partial charge is 0.372 e. The molecule has 1 fully saturated rings. The monoisotopic (exact) mass is 566 g/mol. The number of anilines is 3. The van der Waals surface area contributed by atoms with E-state index in [1.54, 1.807) is 47.4 Å². The highest BCUT2D eigenvalue weighted by Crippen LogP contribution is 2.27. The second-order valence-corrected chi connectivity index (χ2v) is 9.85. The summed E-state index contributed by atoms with van der Waals surface area (Å²) in [7, 11) is 0. The van der Waals surface area contributed by atoms with Gasteiger partial charge in [0.15, 0.2) is 0 Å². The van der Waals surface area contributed by atoms with Crippen LogP contribution in [0.25, 0.3) is 0 Å². The number of hydrogen-bond acceptors (Lipinski definition) is 5. The number of nitrogens with zero attached hydrogens (tertiary/aromatic N) is 4. The van der Waals surface area contributed by atoms with Crippen LogP contribution in [-0.4, -0.2) is 31.0 Å². The normalized spacial score (nSPS) is 13.5. The lowest BCUT2D eigenvalue weighted by Gasteiger charge is -2.29. The van der Waals surface area contributed by atoms with Crippen molar-refractivity contribution in [2.24, 2.45) is 16.1 Å². The number of carbonyl (C=O) groups is 2. The Morgan fingerprint density at radius 2 is 1.59 bits per heavy atom. The summed E-state index contributed by atoms with van der Waals surface area (Å²) >= 11 is 12.2. The van der Waals surface area contributed by atoms with E-state index in [-0.39, 0.29) is 18.5 Å². The third-order valence-electron chi connectivity index (χ3n) is 6.20. The summed E-state index contributed by atoms with van der Waals surface area (Å²) in [6, 6.07) is 19.1. The SMILES string of the molecule is N=N/N=C(\N)NC(=O)c1ccc(CN(C(=O)Nc2cc(Cl)cc(Cl)c2)c2ccc(N3CCCCC3)cc2)cc1. The summed E-state index contributed by atoms with van der Waals surface area (Å²) < 4.78 is 0. The van der Waals surface area contributed by atoms with Crippen LogP contribution in [0, 0.1) is 5.53 Å². The summed E-state index contributed by atoms with van der Waals surface area (Å²) in [5.74, 6) is -0.775. The van der Waals surface area contributed by atoms with Crippen molar-refractivity contribution in [1.82, 2.24) is 5.32 Å². The first-order valence-electron chi connectivity index (χ1n) is 12.3. The molecule has 5 N–H and O–H groups in total. The van der Waals surface area contributed by atoms with Crippen LogP contribution >= 0.6 is 23.2 Å². The van der Waals surface area contributed by atoms with Crippen molar-refractivity contribution >= 4 is 58.2 Å². The third kappa shape index (κ3) is 7.68. The number of guanidine groups is 1. The van der Waals surface area contributed by atoms with Gasteiger partial charge in [-0.25, -0.2) is 4.79 Å². The number of benzene rings is 3. The number of carbonyl (C=O) groups excluding carboxylic acids is 2. The van der Waals surface area contributed by atoms with Crippen LogP contribution in [0.4, 0.5) is 21.9 Å². The zero-order valence-corrected chi connectivity index (χ0v) is 22.5. The average molecular weight is 567 g/mol. The Hall–Kier alpha value is -4.15. The number of amides is 3. The molecular formula is C27H28Cl2N8O2. The number of halogens is 2. The second kappa shape index (κ2) is 13.1. The van der Waals surface area contributed by atoms with Crippen molar-refractivity contribution in [2.75, 3.05) is 28.2 Å². The smallest absolute Gasteiger partial charge is 0.326 e. The molecule has 0 saturated carbocycles. The Kier molecular flexibility index (Phi) is 9.35. The van der Waals surface area contributed by atoms with Gasteiger partial charge in [0.2, 0.25) is 5.96 Å². The lowest BCUT2D eigenvalue weighted by molar-refractivity contribution is 0.0976. The molecule has 39 heavy (non-hydrogen) atoms. The fourth-order valence-corrected chi connectivity index (χ4v) is 4.83. The van der Waals surface area contributed by atoms with Crippen molar-refractivity contribution in [3.63, 3.8) is 0 Å². The van der Waals surface area contributed by atoms with Crippen LogP contribution in [0.5, 0.6) is 0 Å². The zero-order chi connectivity index (χ0) is 27.8. The van der Waals surface area contributed by atoms with Crippen molar-refractivity contribution in [3.05, 3.63) is 87.9 Å². The second-order valence-electron chi connectivity index (χ2n) is 8.97. The van der Waals surface area contributed by atoms with E-state index in [1.165, 1.54) is 19.3 Å². The molecule has 0 radical (unpaired) electrons. The van der Waals surface area contributed by atoms with Gasteiger partial charge in [0.05, 0.1) is 6.54 Å². The summed E-state index contributed by atoms with van der Waals surface area (Å²) in [5.41, 5.74) is 15.6. The van der Waals surface area contributed by atoms with Crippen LogP contribution in [0.1, 0.15) is 35.2 Å². The fourth-order valence-electron chi connectivity index (χ4n) is 4.30. The first-order chi connectivity index (χ1) is 18.8. The highest BCUT2D eigenvalue weighted by atomic mass is 35.5. The predicted octanol–water partition coefficient (Wildman–Crippen LogP) is 6.21. The van der Waals surface area contributed by atoms with E-state index in [9.17, 15) is 9.59 Å². The minimum absolute atomic E-state index is 0.229. The first kappa shape index (κ1) is 27.9. The van der Waals surface area contributed by atoms with E-state index in [0.717, 1.165) is 24.3 Å². The molecule has 4 rings (SSSR count). The molecule has 202 valence electrons. The van der Waals surface area contributed by atoms with Gasteiger partial charge in [-0.15, -0.1) is 0 Å². The van der Waals surface area contributed by atoms with E-state index in [2.05, 4.69) is 25.9 Å². The topological polar surface area (TPSA) is 139 Å². The lowest BCUT2D eigenvalue weighted by atomic mass is 10.1. The minimum Gasteiger partial charge on any atom is -0.372 e. The minimum atomic E-state index is -0.493. The number of nitrogens with two attached hydrogens (primary N) is 1. The third-order valence-corrected chi connectivity index (χ3v) is 6.63. The van der Waals surface area contributed by atoms with Crippen molar-refractivity contribution in [1.29, 1.82) is 5.53 Å². The quantitative estimate of drug-likeness (QED) is 0.117. The molecular weight excluding hydrogens is 539 g/mol. The predicted molar refractivity (Wildman–Crippen MR) is 155 cm³/mol. The van der Waals surface area contributed by atoms with Gasteiger partial charge >= 0.3 is 6.03 Å². The molecule has 1 aliphatic rings. The van der Waals surface area contributed by atoms with E-state index < -0.39 is 5.91 Å². The Balaban J connectivity index is 1.56. The molecule has 1 heterocycles. The number of piperidine rings is 1. The molecule has 0 aromatic heterocycles. The molecule has 0 atom stereocenters. The van der Waals surface area contributed by atoms with Gasteiger partial charge in [-0.2, -0.15) is 5.53 Å². The molecule has 1 aliphatic heterocycles. The number of urea groups is 1. The van der Waals surface area contributed by atoms with Crippen molar-refractivity contribution in [2.45, 2.75) is 25.8 Å². The number of rotatable bonds is 7. The van der Waals surface area contributed by atoms with E-state index in [0.29, 0.717) is 27.0 Å². The van der Waals surface area contributed by atoms with Gasteiger partial charge < -0.3 is 16.0 Å². The molecule has 3 aromatic rings. The van der Waals surface area contributed by atoms with Crippen LogP contribution < -0.4 is 26.2 Å². The summed E-state index contributed by atoms with van der Waals surface area (Å²) in [5, 5.41) is 12.1. The molecule has 12 heteroatoms. The van der Waals surface area contributed by atoms with Crippen LogP contribution in [0.15, 0.2) is 77.1 Å². The van der Waals surface area contributed by atoms with Crippen LogP contribution in [0.3, 0.4) is 0 Å². The molecule has 10 nitrogen and oxygen atoms in total. The first-order valence-corrected chi connectivity index (χ1v) is 13.1. The summed E-state index contributed by atoms with van der Waals surface area (Å²) in [4.78, 5) is 29.8. The summed E-state index contributed by atoms with van der Waals surface area (Å²) in [6.07, 6.45) is 3.59. The molecule has 1 saturated heterocycles. The van der Waals surface area contributed by atoms with Gasteiger partial charge in [-0.3, -0.25) is 15.0 Å². The van der Waals surface area contributed by atoms with E-state index >= 15 is 0 Å². The Bertz CT molecular complexity index is 1340. The van der Waals surface area contributed by atoms with Crippen LogP contribution in [-0.2, 0) is 6.54 Å². The van der Waals surface area contributed by atoms with Gasteiger partial charge in [0.25, 0.3) is 5.91 Å². The fraction of sp³-hybridized carbons (Fsp3) is 0.222.